The molecule has 0 bridgehead atoms. The number of aromatic nitrogens is 2. The molecule has 6 N–H and O–H groups in total. The molecule has 3 rings (SSSR count). The van der Waals surface area contributed by atoms with Gasteiger partial charge in [-0.05, 0) is 32.8 Å². The van der Waals surface area contributed by atoms with Gasteiger partial charge in [0, 0.05) is 35.5 Å². The number of rotatable bonds is 23. The maximum Gasteiger partial charge on any atom is 0.133 e. The van der Waals surface area contributed by atoms with E-state index in [4.69, 9.17) is 16.2 Å². The SMILES string of the molecule is C=C(CCCCCCCCCCCCCCCCCCC)OCC1CC(C)(n2cc(C(=C)N)c3c(N)nc(C)cc32)C(O)C1O. The molecule has 0 spiro atoms. The Morgan fingerprint density at radius 3 is 1.96 bits per heavy atom. The van der Waals surface area contributed by atoms with Crippen molar-refractivity contribution in [2.24, 2.45) is 11.7 Å². The minimum Gasteiger partial charge on any atom is -0.498 e. The summed E-state index contributed by atoms with van der Waals surface area (Å²) >= 11 is 0. The predicted molar refractivity (Wildman–Crippen MR) is 190 cm³/mol. The van der Waals surface area contributed by atoms with Crippen LogP contribution in [0.15, 0.2) is 31.2 Å². The molecule has 1 saturated carbocycles. The Kier molecular flexibility index (Phi) is 15.3. The number of pyridine rings is 1. The van der Waals surface area contributed by atoms with Crippen molar-refractivity contribution < 1.29 is 14.9 Å². The topological polar surface area (TPSA) is 120 Å². The van der Waals surface area contributed by atoms with Crippen molar-refractivity contribution in [3.05, 3.63) is 42.4 Å². The Hall–Kier alpha value is -2.51. The summed E-state index contributed by atoms with van der Waals surface area (Å²) in [5, 5.41) is 23.0. The number of hydrogen-bond acceptors (Lipinski definition) is 6. The van der Waals surface area contributed by atoms with Gasteiger partial charge in [-0.15, -0.1) is 0 Å². The normalized spacial score (nSPS) is 21.5. The number of fused-ring (bicyclic) bond motifs is 1. The van der Waals surface area contributed by atoms with Crippen molar-refractivity contribution in [3.8, 4) is 0 Å². The van der Waals surface area contributed by atoms with Crippen LogP contribution in [0.1, 0.15) is 147 Å². The van der Waals surface area contributed by atoms with E-state index in [0.29, 0.717) is 30.1 Å². The van der Waals surface area contributed by atoms with Crippen molar-refractivity contribution in [1.82, 2.24) is 9.55 Å². The third kappa shape index (κ3) is 10.5. The summed E-state index contributed by atoms with van der Waals surface area (Å²) in [5.74, 6) is 0.899. The van der Waals surface area contributed by atoms with Gasteiger partial charge in [0.2, 0.25) is 0 Å². The van der Waals surface area contributed by atoms with Crippen molar-refractivity contribution in [1.29, 1.82) is 0 Å². The van der Waals surface area contributed by atoms with Crippen LogP contribution in [0.5, 0.6) is 0 Å². The van der Waals surface area contributed by atoms with E-state index >= 15 is 0 Å². The fourth-order valence-corrected chi connectivity index (χ4v) is 7.22. The van der Waals surface area contributed by atoms with Crippen LogP contribution in [0, 0.1) is 12.8 Å². The van der Waals surface area contributed by atoms with Gasteiger partial charge in [0.25, 0.3) is 0 Å². The number of aliphatic hydroxyl groups excluding tert-OH is 2. The molecule has 2 aromatic heterocycles. The smallest absolute Gasteiger partial charge is 0.133 e. The monoisotopic (exact) mass is 624 g/mol. The lowest BCUT2D eigenvalue weighted by Gasteiger charge is -2.32. The van der Waals surface area contributed by atoms with Crippen molar-refractivity contribution in [3.63, 3.8) is 0 Å². The number of aliphatic hydroxyl groups is 2. The zero-order chi connectivity index (χ0) is 32.8. The number of nitrogen functional groups attached to an aromatic ring is 1. The standard InChI is InChI=1S/C38H64N4O3/c1-6-7-8-9-10-11-12-13-14-15-16-17-18-19-20-21-22-23-29(3)45-27-31-25-38(5,36(44)35(31)43)42-26-32(30(4)39)34-33(42)24-28(2)41-37(34)40/h24,26,31,35-36,43-44H,3-4,6-23,25,27,39H2,1-2,5H3,(H2,40,41). The number of anilines is 1. The Labute approximate surface area is 273 Å². The molecule has 2 heterocycles. The van der Waals surface area contributed by atoms with Crippen LogP contribution < -0.4 is 11.5 Å². The minimum absolute atomic E-state index is 0.237. The van der Waals surface area contributed by atoms with E-state index in [1.165, 1.54) is 103 Å². The van der Waals surface area contributed by atoms with E-state index in [0.717, 1.165) is 35.2 Å². The second kappa shape index (κ2) is 18.6. The Balaban J connectivity index is 1.31. The first-order valence-corrected chi connectivity index (χ1v) is 18.0. The Bertz CT molecular complexity index is 1210. The molecular weight excluding hydrogens is 560 g/mol. The minimum atomic E-state index is -0.992. The number of allylic oxidation sites excluding steroid dienone is 1. The van der Waals surface area contributed by atoms with Gasteiger partial charge in [0.15, 0.2) is 0 Å². The first kappa shape index (κ1) is 37.0. The zero-order valence-corrected chi connectivity index (χ0v) is 28.8. The van der Waals surface area contributed by atoms with Crippen LogP contribution in [0.25, 0.3) is 16.6 Å². The molecule has 45 heavy (non-hydrogen) atoms. The Morgan fingerprint density at radius 1 is 0.933 bits per heavy atom. The van der Waals surface area contributed by atoms with Crippen molar-refractivity contribution in [2.45, 2.75) is 161 Å². The van der Waals surface area contributed by atoms with Gasteiger partial charge in [-0.2, -0.15) is 0 Å². The third-order valence-corrected chi connectivity index (χ3v) is 10.0. The molecule has 0 radical (unpaired) electrons. The summed E-state index contributed by atoms with van der Waals surface area (Å²) in [4.78, 5) is 4.41. The number of nitrogens with two attached hydrogens (primary N) is 2. The maximum atomic E-state index is 11.3. The molecule has 0 aromatic carbocycles. The molecule has 1 aliphatic rings. The van der Waals surface area contributed by atoms with E-state index in [1.54, 1.807) is 0 Å². The number of ether oxygens (including phenoxy) is 1. The largest absolute Gasteiger partial charge is 0.498 e. The number of aryl methyl sites for hydroxylation is 1. The van der Waals surface area contributed by atoms with E-state index < -0.39 is 17.7 Å². The van der Waals surface area contributed by atoms with Crippen LogP contribution in [-0.4, -0.2) is 38.6 Å². The first-order valence-electron chi connectivity index (χ1n) is 18.0. The summed E-state index contributed by atoms with van der Waals surface area (Å²) in [6.07, 6.45) is 24.4. The van der Waals surface area contributed by atoms with Gasteiger partial charge >= 0.3 is 0 Å². The molecule has 0 amide bonds. The fourth-order valence-electron chi connectivity index (χ4n) is 7.22. The van der Waals surface area contributed by atoms with E-state index in [2.05, 4.69) is 25.1 Å². The lowest BCUT2D eigenvalue weighted by molar-refractivity contribution is -0.0257. The molecule has 1 fully saturated rings. The zero-order valence-electron chi connectivity index (χ0n) is 28.8. The number of nitrogens with zero attached hydrogens (tertiary/aromatic N) is 2. The molecule has 4 unspecified atom stereocenters. The molecule has 254 valence electrons. The molecule has 1 aliphatic carbocycles. The van der Waals surface area contributed by atoms with Crippen LogP contribution in [-0.2, 0) is 10.3 Å². The molecule has 4 atom stereocenters. The maximum absolute atomic E-state index is 11.3. The highest BCUT2D eigenvalue weighted by molar-refractivity contribution is 5.99. The summed E-state index contributed by atoms with van der Waals surface area (Å²) < 4.78 is 8.02. The van der Waals surface area contributed by atoms with Crippen LogP contribution in [0.4, 0.5) is 5.82 Å². The summed E-state index contributed by atoms with van der Waals surface area (Å²) in [6.45, 7) is 14.5. The highest BCUT2D eigenvalue weighted by Crippen LogP contribution is 2.44. The van der Waals surface area contributed by atoms with Crippen molar-refractivity contribution >= 4 is 22.4 Å². The first-order chi connectivity index (χ1) is 21.6. The molecule has 0 aliphatic heterocycles. The van der Waals surface area contributed by atoms with Gasteiger partial charge < -0.3 is 31.0 Å². The average molecular weight is 625 g/mol. The second-order valence-electron chi connectivity index (χ2n) is 14.0. The van der Waals surface area contributed by atoms with Crippen LogP contribution >= 0.6 is 0 Å². The quantitative estimate of drug-likeness (QED) is 0.0724. The molecular formula is C38H64N4O3. The molecule has 0 saturated heterocycles. The van der Waals surface area contributed by atoms with E-state index in [-0.39, 0.29) is 5.92 Å². The predicted octanol–water partition coefficient (Wildman–Crippen LogP) is 8.89. The van der Waals surface area contributed by atoms with E-state index in [1.807, 2.05) is 30.7 Å². The highest BCUT2D eigenvalue weighted by atomic mass is 16.5. The van der Waals surface area contributed by atoms with Crippen LogP contribution in [0.3, 0.4) is 0 Å². The lowest BCUT2D eigenvalue weighted by Crippen LogP contribution is -2.42. The highest BCUT2D eigenvalue weighted by Gasteiger charge is 2.51. The summed E-state index contributed by atoms with van der Waals surface area (Å²) in [5.41, 5.74) is 14.3. The average Bonchev–Trinajstić information content (AvgIpc) is 3.50. The van der Waals surface area contributed by atoms with Crippen molar-refractivity contribution in [2.75, 3.05) is 12.3 Å². The summed E-state index contributed by atoms with van der Waals surface area (Å²) in [6, 6.07) is 1.94. The molecule has 2 aromatic rings. The van der Waals surface area contributed by atoms with E-state index in [9.17, 15) is 10.2 Å². The van der Waals surface area contributed by atoms with Gasteiger partial charge in [0.1, 0.15) is 11.9 Å². The van der Waals surface area contributed by atoms with Crippen LogP contribution in [0.2, 0.25) is 0 Å². The fraction of sp³-hybridized carbons (Fsp3) is 0.711. The van der Waals surface area contributed by atoms with Gasteiger partial charge in [0.05, 0.1) is 34.9 Å². The molecule has 7 nitrogen and oxygen atoms in total. The number of hydrogen-bond donors (Lipinski definition) is 4. The number of unbranched alkanes of at least 4 members (excludes halogenated alkanes) is 16. The third-order valence-electron chi connectivity index (χ3n) is 10.0. The van der Waals surface area contributed by atoms with Gasteiger partial charge in [-0.1, -0.05) is 123 Å². The lowest BCUT2D eigenvalue weighted by atomic mass is 9.96. The second-order valence-corrected chi connectivity index (χ2v) is 14.0. The van der Waals surface area contributed by atoms with Gasteiger partial charge in [-0.3, -0.25) is 0 Å². The summed E-state index contributed by atoms with van der Waals surface area (Å²) in [7, 11) is 0. The molecule has 7 heteroatoms. The Morgan fingerprint density at radius 2 is 1.44 bits per heavy atom. The van der Waals surface area contributed by atoms with Gasteiger partial charge in [-0.25, -0.2) is 4.98 Å².